The molecular formula is C19H23N3O3. The smallest absolute Gasteiger partial charge is 0.234 e. The summed E-state index contributed by atoms with van der Waals surface area (Å²) >= 11 is 0. The summed E-state index contributed by atoms with van der Waals surface area (Å²) in [5, 5.41) is 11.3. The van der Waals surface area contributed by atoms with Crippen LogP contribution in [0.2, 0.25) is 0 Å². The fourth-order valence-electron chi connectivity index (χ4n) is 2.89. The molecule has 0 unspecified atom stereocenters. The van der Waals surface area contributed by atoms with Crippen molar-refractivity contribution < 1.29 is 14.4 Å². The van der Waals surface area contributed by atoms with Gasteiger partial charge in [-0.1, -0.05) is 29.8 Å². The molecular weight excluding hydrogens is 318 g/mol. The number of hydrogen-bond donors (Lipinski definition) is 1. The highest BCUT2D eigenvalue weighted by Crippen LogP contribution is 2.14. The standard InChI is InChI=1S/C19H23N3O3/c1-14-2-4-15(5-3-14)17(23)6-7-19(25)22-12-9-16(10-13-22)21-18(24)8-11-20/h2-5,16H,6-10,12-13H2,1H3,(H,21,24). The van der Waals surface area contributed by atoms with Gasteiger partial charge >= 0.3 is 0 Å². The lowest BCUT2D eigenvalue weighted by atomic mass is 10.0. The maximum atomic E-state index is 12.3. The molecule has 0 radical (unpaired) electrons. The van der Waals surface area contributed by atoms with Gasteiger partial charge in [-0.05, 0) is 19.8 Å². The monoisotopic (exact) mass is 341 g/mol. The molecule has 0 saturated carbocycles. The number of nitrogens with zero attached hydrogens (tertiary/aromatic N) is 2. The second-order valence-electron chi connectivity index (χ2n) is 6.35. The molecule has 2 amide bonds. The van der Waals surface area contributed by atoms with Crippen molar-refractivity contribution in [1.82, 2.24) is 10.2 Å². The summed E-state index contributed by atoms with van der Waals surface area (Å²) in [5.74, 6) is -0.315. The molecule has 1 aliphatic heterocycles. The molecule has 1 saturated heterocycles. The van der Waals surface area contributed by atoms with Crippen molar-refractivity contribution in [3.8, 4) is 6.07 Å². The number of nitrogens with one attached hydrogen (secondary N) is 1. The number of ketones is 1. The Kier molecular flexibility index (Phi) is 6.70. The van der Waals surface area contributed by atoms with Crippen LogP contribution in [0, 0.1) is 18.3 Å². The maximum Gasteiger partial charge on any atom is 0.234 e. The number of piperidine rings is 1. The van der Waals surface area contributed by atoms with Crippen molar-refractivity contribution in [2.45, 2.75) is 45.1 Å². The molecule has 1 heterocycles. The van der Waals surface area contributed by atoms with Gasteiger partial charge in [0.1, 0.15) is 6.42 Å². The van der Waals surface area contributed by atoms with Gasteiger partial charge in [0.2, 0.25) is 11.8 Å². The molecule has 2 rings (SSSR count). The van der Waals surface area contributed by atoms with Crippen molar-refractivity contribution in [3.05, 3.63) is 35.4 Å². The number of amides is 2. The molecule has 1 fully saturated rings. The van der Waals surface area contributed by atoms with Crippen molar-refractivity contribution >= 4 is 17.6 Å². The third-order valence-electron chi connectivity index (χ3n) is 4.39. The molecule has 0 bridgehead atoms. The van der Waals surface area contributed by atoms with E-state index in [4.69, 9.17) is 5.26 Å². The molecule has 132 valence electrons. The van der Waals surface area contributed by atoms with E-state index in [1.54, 1.807) is 17.0 Å². The van der Waals surface area contributed by atoms with E-state index in [2.05, 4.69) is 5.32 Å². The van der Waals surface area contributed by atoms with E-state index in [-0.39, 0.29) is 42.9 Å². The number of benzene rings is 1. The first-order chi connectivity index (χ1) is 12.0. The predicted molar refractivity (Wildman–Crippen MR) is 92.7 cm³/mol. The van der Waals surface area contributed by atoms with E-state index in [1.165, 1.54) is 0 Å². The van der Waals surface area contributed by atoms with Crippen molar-refractivity contribution in [2.75, 3.05) is 13.1 Å². The van der Waals surface area contributed by atoms with Gasteiger partial charge in [0.25, 0.3) is 0 Å². The van der Waals surface area contributed by atoms with Crippen LogP contribution in [0.1, 0.15) is 48.0 Å². The van der Waals surface area contributed by atoms with E-state index >= 15 is 0 Å². The molecule has 1 aromatic rings. The first-order valence-electron chi connectivity index (χ1n) is 8.53. The number of likely N-dealkylation sites (tertiary alicyclic amines) is 1. The van der Waals surface area contributed by atoms with E-state index in [0.29, 0.717) is 31.5 Å². The number of rotatable bonds is 6. The van der Waals surface area contributed by atoms with E-state index in [9.17, 15) is 14.4 Å². The average Bonchev–Trinajstić information content (AvgIpc) is 2.61. The predicted octanol–water partition coefficient (Wildman–Crippen LogP) is 1.98. The van der Waals surface area contributed by atoms with Gasteiger partial charge in [0.15, 0.2) is 5.78 Å². The number of carbonyl (C=O) groups excluding carboxylic acids is 3. The Balaban J connectivity index is 1.73. The fourth-order valence-corrected chi connectivity index (χ4v) is 2.89. The Morgan fingerprint density at radius 3 is 2.40 bits per heavy atom. The lowest BCUT2D eigenvalue weighted by molar-refractivity contribution is -0.132. The van der Waals surface area contributed by atoms with E-state index < -0.39 is 0 Å². The second kappa shape index (κ2) is 8.97. The Hall–Kier alpha value is -2.68. The van der Waals surface area contributed by atoms with Gasteiger partial charge < -0.3 is 10.2 Å². The molecule has 0 atom stereocenters. The van der Waals surface area contributed by atoms with Gasteiger partial charge in [-0.2, -0.15) is 5.26 Å². The highest BCUT2D eigenvalue weighted by Gasteiger charge is 2.24. The van der Waals surface area contributed by atoms with Crippen LogP contribution in [0.15, 0.2) is 24.3 Å². The van der Waals surface area contributed by atoms with Crippen LogP contribution in [0.4, 0.5) is 0 Å². The second-order valence-corrected chi connectivity index (χ2v) is 6.35. The average molecular weight is 341 g/mol. The van der Waals surface area contributed by atoms with Crippen molar-refractivity contribution in [2.24, 2.45) is 0 Å². The summed E-state index contributed by atoms with van der Waals surface area (Å²) in [6, 6.07) is 9.19. The number of carbonyl (C=O) groups is 3. The number of hydrogen-bond acceptors (Lipinski definition) is 4. The van der Waals surface area contributed by atoms with Crippen molar-refractivity contribution in [3.63, 3.8) is 0 Å². The number of nitriles is 1. The molecule has 6 heteroatoms. The number of Topliss-reactive ketones (excluding diaryl/α,β-unsaturated/α-hetero) is 1. The zero-order valence-corrected chi connectivity index (χ0v) is 14.5. The highest BCUT2D eigenvalue weighted by atomic mass is 16.2. The number of aryl methyl sites for hydroxylation is 1. The van der Waals surface area contributed by atoms with Gasteiger partial charge in [0.05, 0.1) is 6.07 Å². The van der Waals surface area contributed by atoms with Crippen LogP contribution in [0.3, 0.4) is 0 Å². The van der Waals surface area contributed by atoms with Gasteiger partial charge in [-0.25, -0.2) is 0 Å². The van der Waals surface area contributed by atoms with Crippen LogP contribution in [0.5, 0.6) is 0 Å². The zero-order valence-electron chi connectivity index (χ0n) is 14.5. The summed E-state index contributed by atoms with van der Waals surface area (Å²) in [7, 11) is 0. The minimum Gasteiger partial charge on any atom is -0.352 e. The SMILES string of the molecule is Cc1ccc(C(=O)CCC(=O)N2CCC(NC(=O)CC#N)CC2)cc1. The molecule has 1 N–H and O–H groups in total. The summed E-state index contributed by atoms with van der Waals surface area (Å²) < 4.78 is 0. The Morgan fingerprint density at radius 2 is 1.80 bits per heavy atom. The molecule has 0 aliphatic carbocycles. The molecule has 6 nitrogen and oxygen atoms in total. The van der Waals surface area contributed by atoms with Crippen LogP contribution in [-0.2, 0) is 9.59 Å². The lowest BCUT2D eigenvalue weighted by Gasteiger charge is -2.32. The van der Waals surface area contributed by atoms with E-state index in [1.807, 2.05) is 25.1 Å². The first-order valence-corrected chi connectivity index (χ1v) is 8.53. The maximum absolute atomic E-state index is 12.3. The van der Waals surface area contributed by atoms with Gasteiger partial charge in [0, 0.05) is 37.5 Å². The summed E-state index contributed by atoms with van der Waals surface area (Å²) in [6.07, 6.45) is 1.63. The third kappa shape index (κ3) is 5.71. The fraction of sp³-hybridized carbons (Fsp3) is 0.474. The van der Waals surface area contributed by atoms with Crippen LogP contribution in [0.25, 0.3) is 0 Å². The first kappa shape index (κ1) is 18.7. The third-order valence-corrected chi connectivity index (χ3v) is 4.39. The Labute approximate surface area is 147 Å². The Bertz CT molecular complexity index is 668. The Morgan fingerprint density at radius 1 is 1.16 bits per heavy atom. The topological polar surface area (TPSA) is 90.3 Å². The van der Waals surface area contributed by atoms with Crippen LogP contribution < -0.4 is 5.32 Å². The molecule has 25 heavy (non-hydrogen) atoms. The zero-order chi connectivity index (χ0) is 18.2. The molecule has 0 aromatic heterocycles. The minimum atomic E-state index is -0.268. The van der Waals surface area contributed by atoms with Crippen LogP contribution in [-0.4, -0.2) is 41.6 Å². The minimum absolute atomic E-state index is 0.0130. The normalized spacial score (nSPS) is 14.6. The quantitative estimate of drug-likeness (QED) is 0.801. The largest absolute Gasteiger partial charge is 0.352 e. The highest BCUT2D eigenvalue weighted by molar-refractivity contribution is 5.98. The van der Waals surface area contributed by atoms with Crippen molar-refractivity contribution in [1.29, 1.82) is 5.26 Å². The molecule has 1 aromatic carbocycles. The van der Waals surface area contributed by atoms with E-state index in [0.717, 1.165) is 5.56 Å². The summed E-state index contributed by atoms with van der Waals surface area (Å²) in [5.41, 5.74) is 1.73. The summed E-state index contributed by atoms with van der Waals surface area (Å²) in [6.45, 7) is 3.09. The molecule has 1 aliphatic rings. The lowest BCUT2D eigenvalue weighted by Crippen LogP contribution is -2.46. The van der Waals surface area contributed by atoms with Gasteiger partial charge in [-0.15, -0.1) is 0 Å². The molecule has 0 spiro atoms. The summed E-state index contributed by atoms with van der Waals surface area (Å²) in [4.78, 5) is 37.5. The van der Waals surface area contributed by atoms with Gasteiger partial charge in [-0.3, -0.25) is 14.4 Å². The van der Waals surface area contributed by atoms with Crippen LogP contribution >= 0.6 is 0 Å².